The third kappa shape index (κ3) is 3.31. The lowest BCUT2D eigenvalue weighted by atomic mass is 10.1. The summed E-state index contributed by atoms with van der Waals surface area (Å²) in [6.07, 6.45) is 0. The Kier molecular flexibility index (Phi) is 4.30. The number of nitrogens with two attached hydrogens (primary N) is 1. The molecule has 3 nitrogen and oxygen atoms in total. The zero-order chi connectivity index (χ0) is 14.7. The van der Waals surface area contributed by atoms with Crippen LogP contribution in [0.15, 0.2) is 36.4 Å². The predicted molar refractivity (Wildman–Crippen MR) is 83.2 cm³/mol. The quantitative estimate of drug-likeness (QED) is 0.902. The molecular formula is C16H17ClN2O. The first-order valence-electron chi connectivity index (χ1n) is 6.36. The Balaban J connectivity index is 2.20. The van der Waals surface area contributed by atoms with Crippen LogP contribution in [0.25, 0.3) is 0 Å². The lowest BCUT2D eigenvalue weighted by Crippen LogP contribution is -2.11. The Bertz CT molecular complexity index is 653. The molecule has 0 saturated carbocycles. The molecule has 0 aliphatic carbocycles. The lowest BCUT2D eigenvalue weighted by Gasteiger charge is -2.12. The van der Waals surface area contributed by atoms with Crippen LogP contribution < -0.4 is 11.1 Å². The van der Waals surface area contributed by atoms with Crippen LogP contribution in [0.3, 0.4) is 0 Å². The van der Waals surface area contributed by atoms with Crippen molar-refractivity contribution in [3.05, 3.63) is 63.7 Å². The van der Waals surface area contributed by atoms with Crippen molar-refractivity contribution in [2.75, 3.05) is 5.32 Å². The zero-order valence-electron chi connectivity index (χ0n) is 11.5. The molecule has 20 heavy (non-hydrogen) atoms. The average Bonchev–Trinajstić information content (AvgIpc) is 2.41. The Morgan fingerprint density at radius 2 is 1.95 bits per heavy atom. The Hall–Kier alpha value is -2.00. The minimum absolute atomic E-state index is 0.442. The van der Waals surface area contributed by atoms with Gasteiger partial charge in [0, 0.05) is 12.1 Å². The fraction of sp³-hybridized carbons (Fsp3) is 0.188. The number of hydrogen-bond donors (Lipinski definition) is 2. The highest BCUT2D eigenvalue weighted by molar-refractivity contribution is 6.33. The van der Waals surface area contributed by atoms with Gasteiger partial charge in [-0.3, -0.25) is 4.79 Å². The maximum Gasteiger partial charge on any atom is 0.248 e. The topological polar surface area (TPSA) is 55.1 Å². The van der Waals surface area contributed by atoms with Crippen LogP contribution in [0.1, 0.15) is 27.0 Å². The van der Waals surface area contributed by atoms with Crippen LogP contribution in [0, 0.1) is 13.8 Å². The van der Waals surface area contributed by atoms with E-state index in [1.807, 2.05) is 0 Å². The van der Waals surface area contributed by atoms with Gasteiger partial charge in [-0.25, -0.2) is 0 Å². The van der Waals surface area contributed by atoms with Gasteiger partial charge in [0.25, 0.3) is 0 Å². The van der Waals surface area contributed by atoms with Crippen molar-refractivity contribution in [2.45, 2.75) is 20.4 Å². The number of aryl methyl sites for hydroxylation is 2. The fourth-order valence-electron chi connectivity index (χ4n) is 2.00. The van der Waals surface area contributed by atoms with Crippen molar-refractivity contribution < 1.29 is 4.79 Å². The average molecular weight is 289 g/mol. The molecule has 0 heterocycles. The van der Waals surface area contributed by atoms with Gasteiger partial charge in [-0.2, -0.15) is 0 Å². The maximum atomic E-state index is 11.2. The van der Waals surface area contributed by atoms with E-state index in [0.29, 0.717) is 22.8 Å². The molecule has 0 bridgehead atoms. The first kappa shape index (κ1) is 14.4. The van der Waals surface area contributed by atoms with Gasteiger partial charge in [-0.05, 0) is 43.2 Å². The van der Waals surface area contributed by atoms with Gasteiger partial charge in [-0.15, -0.1) is 0 Å². The highest BCUT2D eigenvalue weighted by Crippen LogP contribution is 2.24. The van der Waals surface area contributed by atoms with Crippen LogP contribution in [0.5, 0.6) is 0 Å². The third-order valence-electron chi connectivity index (χ3n) is 3.22. The summed E-state index contributed by atoms with van der Waals surface area (Å²) in [6, 6.07) is 11.3. The number of primary amides is 1. The SMILES string of the molecule is Cc1ccc(C)c(CNc2cc(C(N)=O)ccc2Cl)c1. The van der Waals surface area contributed by atoms with E-state index in [1.54, 1.807) is 18.2 Å². The Labute approximate surface area is 123 Å². The number of halogens is 1. The molecule has 0 spiro atoms. The van der Waals surface area contributed by atoms with Gasteiger partial charge in [0.1, 0.15) is 0 Å². The normalized spacial score (nSPS) is 10.3. The van der Waals surface area contributed by atoms with Gasteiger partial charge in [0.2, 0.25) is 5.91 Å². The summed E-state index contributed by atoms with van der Waals surface area (Å²) in [5, 5.41) is 3.82. The number of amides is 1. The highest BCUT2D eigenvalue weighted by atomic mass is 35.5. The molecule has 104 valence electrons. The molecule has 0 saturated heterocycles. The molecule has 2 aromatic carbocycles. The second kappa shape index (κ2) is 5.97. The van der Waals surface area contributed by atoms with Crippen molar-refractivity contribution in [1.29, 1.82) is 0 Å². The third-order valence-corrected chi connectivity index (χ3v) is 3.55. The first-order chi connectivity index (χ1) is 9.47. The summed E-state index contributed by atoms with van der Waals surface area (Å²) in [4.78, 5) is 11.2. The predicted octanol–water partition coefficient (Wildman–Crippen LogP) is 3.67. The van der Waals surface area contributed by atoms with Crippen LogP contribution in [-0.2, 0) is 6.54 Å². The van der Waals surface area contributed by atoms with Crippen LogP contribution in [0.4, 0.5) is 5.69 Å². The van der Waals surface area contributed by atoms with E-state index in [-0.39, 0.29) is 0 Å². The molecule has 0 aliphatic rings. The smallest absolute Gasteiger partial charge is 0.248 e. The summed E-state index contributed by atoms with van der Waals surface area (Å²) >= 11 is 6.12. The number of nitrogens with one attached hydrogen (secondary N) is 1. The second-order valence-electron chi connectivity index (χ2n) is 4.84. The number of anilines is 1. The number of hydrogen-bond acceptors (Lipinski definition) is 2. The zero-order valence-corrected chi connectivity index (χ0v) is 12.3. The van der Waals surface area contributed by atoms with E-state index in [2.05, 4.69) is 37.4 Å². The first-order valence-corrected chi connectivity index (χ1v) is 6.74. The molecular weight excluding hydrogens is 272 g/mol. The molecule has 0 radical (unpaired) electrons. The lowest BCUT2D eigenvalue weighted by molar-refractivity contribution is 0.100. The molecule has 3 N–H and O–H groups in total. The van der Waals surface area contributed by atoms with Gasteiger partial charge < -0.3 is 11.1 Å². The van der Waals surface area contributed by atoms with E-state index in [4.69, 9.17) is 17.3 Å². The summed E-state index contributed by atoms with van der Waals surface area (Å²) < 4.78 is 0. The van der Waals surface area contributed by atoms with Crippen molar-refractivity contribution >= 4 is 23.2 Å². The van der Waals surface area contributed by atoms with Gasteiger partial charge in [0.05, 0.1) is 10.7 Å². The molecule has 4 heteroatoms. The van der Waals surface area contributed by atoms with Crippen LogP contribution in [-0.4, -0.2) is 5.91 Å². The molecule has 2 aromatic rings. The standard InChI is InChI=1S/C16H17ClN2O/c1-10-3-4-11(2)13(7-10)9-19-15-8-12(16(18)20)5-6-14(15)17/h3-8,19H,9H2,1-2H3,(H2,18,20). The number of carbonyl (C=O) groups is 1. The number of carbonyl (C=O) groups excluding carboxylic acids is 1. The van der Waals surface area contributed by atoms with E-state index >= 15 is 0 Å². The van der Waals surface area contributed by atoms with Crippen LogP contribution in [0.2, 0.25) is 5.02 Å². The molecule has 0 fully saturated rings. The maximum absolute atomic E-state index is 11.2. The van der Waals surface area contributed by atoms with Gasteiger partial charge in [-0.1, -0.05) is 35.4 Å². The van der Waals surface area contributed by atoms with Crippen molar-refractivity contribution in [3.63, 3.8) is 0 Å². The minimum atomic E-state index is -0.462. The summed E-state index contributed by atoms with van der Waals surface area (Å²) in [6.45, 7) is 4.77. The summed E-state index contributed by atoms with van der Waals surface area (Å²) in [5.74, 6) is -0.462. The molecule has 1 amide bonds. The summed E-state index contributed by atoms with van der Waals surface area (Å²) in [5.41, 5.74) is 10.1. The second-order valence-corrected chi connectivity index (χ2v) is 5.25. The van der Waals surface area contributed by atoms with Crippen molar-refractivity contribution in [2.24, 2.45) is 5.73 Å². The Morgan fingerprint density at radius 1 is 1.20 bits per heavy atom. The van der Waals surface area contributed by atoms with Gasteiger partial charge in [0.15, 0.2) is 0 Å². The minimum Gasteiger partial charge on any atom is -0.380 e. The molecule has 0 atom stereocenters. The van der Waals surface area contributed by atoms with E-state index in [9.17, 15) is 4.79 Å². The summed E-state index contributed by atoms with van der Waals surface area (Å²) in [7, 11) is 0. The monoisotopic (exact) mass is 288 g/mol. The molecule has 0 aliphatic heterocycles. The van der Waals surface area contributed by atoms with Crippen molar-refractivity contribution in [3.8, 4) is 0 Å². The van der Waals surface area contributed by atoms with E-state index < -0.39 is 5.91 Å². The van der Waals surface area contributed by atoms with E-state index in [0.717, 1.165) is 0 Å². The van der Waals surface area contributed by atoms with Crippen molar-refractivity contribution in [1.82, 2.24) is 0 Å². The van der Waals surface area contributed by atoms with Gasteiger partial charge >= 0.3 is 0 Å². The molecule has 2 rings (SSSR count). The molecule has 0 aromatic heterocycles. The van der Waals surface area contributed by atoms with E-state index in [1.165, 1.54) is 16.7 Å². The largest absolute Gasteiger partial charge is 0.380 e. The molecule has 0 unspecified atom stereocenters. The number of rotatable bonds is 4. The highest BCUT2D eigenvalue weighted by Gasteiger charge is 2.06. The Morgan fingerprint density at radius 3 is 2.65 bits per heavy atom. The van der Waals surface area contributed by atoms with Crippen LogP contribution >= 0.6 is 11.6 Å². The number of benzene rings is 2. The fourth-order valence-corrected chi connectivity index (χ4v) is 2.18.